The number of carbonyl (C=O) groups excluding carboxylic acids is 1. The number of hydrogen-bond acceptors (Lipinski definition) is 5. The first-order valence-electron chi connectivity index (χ1n) is 8.53. The predicted molar refractivity (Wildman–Crippen MR) is 88.4 cm³/mol. The second-order valence-corrected chi connectivity index (χ2v) is 6.03. The standard InChI is InChI=1S/C18H23N3O3/c1-2-3-10-19-16(22)12-15-20-18(24-21-15)17-14(9-11-23-17)13-7-5-4-6-8-13/h4-8,14,17H,2-3,9-12H2,1H3,(H,19,22)/t14-,17-/m0/s1. The van der Waals surface area contributed by atoms with E-state index in [1.165, 1.54) is 5.56 Å². The zero-order valence-electron chi connectivity index (χ0n) is 13.9. The molecule has 1 saturated heterocycles. The van der Waals surface area contributed by atoms with E-state index in [4.69, 9.17) is 9.26 Å². The molecular weight excluding hydrogens is 306 g/mol. The molecule has 24 heavy (non-hydrogen) atoms. The summed E-state index contributed by atoms with van der Waals surface area (Å²) in [5, 5.41) is 6.78. The van der Waals surface area contributed by atoms with Crippen LogP contribution in [0, 0.1) is 0 Å². The Bertz CT molecular complexity index is 657. The molecule has 2 atom stereocenters. The highest BCUT2D eigenvalue weighted by atomic mass is 16.5. The van der Waals surface area contributed by atoms with Crippen LogP contribution in [-0.2, 0) is 16.0 Å². The summed E-state index contributed by atoms with van der Waals surface area (Å²) in [5.41, 5.74) is 1.21. The fourth-order valence-corrected chi connectivity index (χ4v) is 2.94. The number of carbonyl (C=O) groups is 1. The maximum Gasteiger partial charge on any atom is 0.256 e. The number of benzene rings is 1. The van der Waals surface area contributed by atoms with Gasteiger partial charge in [0.15, 0.2) is 5.82 Å². The van der Waals surface area contributed by atoms with Crippen LogP contribution in [0.15, 0.2) is 34.9 Å². The normalized spacial score (nSPS) is 20.2. The third kappa shape index (κ3) is 4.00. The van der Waals surface area contributed by atoms with Gasteiger partial charge in [0.2, 0.25) is 5.91 Å². The van der Waals surface area contributed by atoms with Crippen molar-refractivity contribution < 1.29 is 14.1 Å². The van der Waals surface area contributed by atoms with Gasteiger partial charge in [0.1, 0.15) is 6.10 Å². The number of aromatic nitrogens is 2. The fraction of sp³-hybridized carbons (Fsp3) is 0.500. The summed E-state index contributed by atoms with van der Waals surface area (Å²) in [7, 11) is 0. The van der Waals surface area contributed by atoms with Crippen LogP contribution < -0.4 is 5.32 Å². The van der Waals surface area contributed by atoms with Crippen LogP contribution in [0.2, 0.25) is 0 Å². The minimum Gasteiger partial charge on any atom is -0.368 e. The molecular formula is C18H23N3O3. The van der Waals surface area contributed by atoms with Gasteiger partial charge in [0.25, 0.3) is 5.89 Å². The second kappa shape index (κ2) is 8.06. The van der Waals surface area contributed by atoms with E-state index in [9.17, 15) is 4.79 Å². The van der Waals surface area contributed by atoms with Crippen LogP contribution in [0.4, 0.5) is 0 Å². The topological polar surface area (TPSA) is 77.2 Å². The maximum atomic E-state index is 11.8. The number of nitrogens with zero attached hydrogens (tertiary/aromatic N) is 2. The molecule has 6 heteroatoms. The highest BCUT2D eigenvalue weighted by Gasteiger charge is 2.35. The first-order chi connectivity index (χ1) is 11.8. The summed E-state index contributed by atoms with van der Waals surface area (Å²) in [4.78, 5) is 16.2. The van der Waals surface area contributed by atoms with Gasteiger partial charge in [-0.25, -0.2) is 0 Å². The molecule has 1 amide bonds. The average Bonchev–Trinajstić information content (AvgIpc) is 3.24. The van der Waals surface area contributed by atoms with E-state index in [1.807, 2.05) is 18.2 Å². The number of nitrogens with one attached hydrogen (secondary N) is 1. The fourth-order valence-electron chi connectivity index (χ4n) is 2.94. The van der Waals surface area contributed by atoms with Gasteiger partial charge in [-0.1, -0.05) is 48.8 Å². The summed E-state index contributed by atoms with van der Waals surface area (Å²) in [5.74, 6) is 0.986. The molecule has 1 N–H and O–H groups in total. The van der Waals surface area contributed by atoms with Crippen LogP contribution in [0.1, 0.15) is 55.5 Å². The summed E-state index contributed by atoms with van der Waals surface area (Å²) in [6.45, 7) is 3.43. The van der Waals surface area contributed by atoms with Crippen molar-refractivity contribution in [2.75, 3.05) is 13.2 Å². The highest BCUT2D eigenvalue weighted by Crippen LogP contribution is 2.40. The van der Waals surface area contributed by atoms with E-state index < -0.39 is 0 Å². The van der Waals surface area contributed by atoms with Gasteiger partial charge < -0.3 is 14.6 Å². The number of ether oxygens (including phenoxy) is 1. The third-order valence-electron chi connectivity index (χ3n) is 4.22. The van der Waals surface area contributed by atoms with E-state index in [1.54, 1.807) is 0 Å². The lowest BCUT2D eigenvalue weighted by atomic mass is 9.92. The van der Waals surface area contributed by atoms with Crippen LogP contribution in [0.3, 0.4) is 0 Å². The van der Waals surface area contributed by atoms with Gasteiger partial charge >= 0.3 is 0 Å². The lowest BCUT2D eigenvalue weighted by molar-refractivity contribution is -0.120. The van der Waals surface area contributed by atoms with E-state index in [0.717, 1.165) is 19.3 Å². The van der Waals surface area contributed by atoms with Gasteiger partial charge in [-0.05, 0) is 18.4 Å². The molecule has 0 aliphatic carbocycles. The van der Waals surface area contributed by atoms with E-state index in [2.05, 4.69) is 34.5 Å². The van der Waals surface area contributed by atoms with Crippen LogP contribution in [0.5, 0.6) is 0 Å². The van der Waals surface area contributed by atoms with Crippen molar-refractivity contribution in [2.45, 2.75) is 44.6 Å². The molecule has 1 aliphatic heterocycles. The minimum absolute atomic E-state index is 0.0808. The molecule has 3 rings (SSSR count). The average molecular weight is 329 g/mol. The van der Waals surface area contributed by atoms with Crippen molar-refractivity contribution in [2.24, 2.45) is 0 Å². The van der Waals surface area contributed by atoms with Crippen molar-refractivity contribution in [1.29, 1.82) is 0 Å². The lowest BCUT2D eigenvalue weighted by Gasteiger charge is -2.14. The molecule has 1 aromatic heterocycles. The molecule has 2 aromatic rings. The molecule has 2 heterocycles. The zero-order chi connectivity index (χ0) is 16.8. The Kier molecular flexibility index (Phi) is 5.59. The zero-order valence-corrected chi connectivity index (χ0v) is 13.9. The van der Waals surface area contributed by atoms with Crippen molar-refractivity contribution in [1.82, 2.24) is 15.5 Å². The van der Waals surface area contributed by atoms with Gasteiger partial charge in [-0.2, -0.15) is 4.98 Å². The Morgan fingerprint density at radius 3 is 2.96 bits per heavy atom. The number of unbranched alkanes of at least 4 members (excludes halogenated alkanes) is 1. The summed E-state index contributed by atoms with van der Waals surface area (Å²) >= 11 is 0. The molecule has 1 fully saturated rings. The molecule has 0 bridgehead atoms. The molecule has 0 unspecified atom stereocenters. The predicted octanol–water partition coefficient (Wildman–Crippen LogP) is 2.77. The molecule has 0 radical (unpaired) electrons. The lowest BCUT2D eigenvalue weighted by Crippen LogP contribution is -2.26. The van der Waals surface area contributed by atoms with E-state index in [-0.39, 0.29) is 24.3 Å². The molecule has 0 spiro atoms. The maximum absolute atomic E-state index is 11.8. The van der Waals surface area contributed by atoms with Crippen molar-refractivity contribution >= 4 is 5.91 Å². The quantitative estimate of drug-likeness (QED) is 0.790. The molecule has 1 aliphatic rings. The summed E-state index contributed by atoms with van der Waals surface area (Å²) in [6.07, 6.45) is 2.83. The number of amides is 1. The first kappa shape index (κ1) is 16.6. The Hall–Kier alpha value is -2.21. The van der Waals surface area contributed by atoms with E-state index >= 15 is 0 Å². The van der Waals surface area contributed by atoms with Crippen molar-refractivity contribution in [3.05, 3.63) is 47.6 Å². The van der Waals surface area contributed by atoms with Gasteiger partial charge in [0, 0.05) is 19.1 Å². The van der Waals surface area contributed by atoms with Gasteiger partial charge in [-0.15, -0.1) is 0 Å². The van der Waals surface area contributed by atoms with E-state index in [0.29, 0.717) is 24.9 Å². The Morgan fingerprint density at radius 1 is 1.33 bits per heavy atom. The Balaban J connectivity index is 1.63. The molecule has 128 valence electrons. The Morgan fingerprint density at radius 2 is 2.17 bits per heavy atom. The third-order valence-corrected chi connectivity index (χ3v) is 4.22. The van der Waals surface area contributed by atoms with Crippen LogP contribution >= 0.6 is 0 Å². The molecule has 0 saturated carbocycles. The SMILES string of the molecule is CCCCNC(=O)Cc1noc([C@H]2OCC[C@H]2c2ccccc2)n1. The van der Waals surface area contributed by atoms with Crippen LogP contribution in [0.25, 0.3) is 0 Å². The van der Waals surface area contributed by atoms with Gasteiger partial charge in [-0.3, -0.25) is 4.79 Å². The minimum atomic E-state index is -0.239. The van der Waals surface area contributed by atoms with Crippen molar-refractivity contribution in [3.8, 4) is 0 Å². The Labute approximate surface area is 141 Å². The summed E-state index contributed by atoms with van der Waals surface area (Å²) in [6, 6.07) is 10.2. The van der Waals surface area contributed by atoms with Crippen LogP contribution in [-0.4, -0.2) is 29.2 Å². The van der Waals surface area contributed by atoms with Gasteiger partial charge in [0.05, 0.1) is 6.42 Å². The largest absolute Gasteiger partial charge is 0.368 e. The number of hydrogen-bond donors (Lipinski definition) is 1. The molecule has 1 aromatic carbocycles. The highest BCUT2D eigenvalue weighted by molar-refractivity contribution is 5.77. The van der Waals surface area contributed by atoms with Crippen molar-refractivity contribution in [3.63, 3.8) is 0 Å². The first-order valence-corrected chi connectivity index (χ1v) is 8.53. The smallest absolute Gasteiger partial charge is 0.256 e. The molecule has 6 nitrogen and oxygen atoms in total. The number of rotatable bonds is 7. The monoisotopic (exact) mass is 329 g/mol. The summed E-state index contributed by atoms with van der Waals surface area (Å²) < 4.78 is 11.2. The second-order valence-electron chi connectivity index (χ2n) is 6.03.